The van der Waals surface area contributed by atoms with Crippen molar-refractivity contribution in [2.75, 3.05) is 31.6 Å². The summed E-state index contributed by atoms with van der Waals surface area (Å²) in [5.74, 6) is 0.627. The van der Waals surface area contributed by atoms with Gasteiger partial charge in [-0.05, 0) is 49.8 Å². The third-order valence-corrected chi connectivity index (χ3v) is 5.96. The van der Waals surface area contributed by atoms with Crippen LogP contribution in [0.2, 0.25) is 0 Å². The Kier molecular flexibility index (Phi) is 5.21. The lowest BCUT2D eigenvalue weighted by atomic mass is 10.0. The van der Waals surface area contributed by atoms with Crippen LogP contribution in [0.1, 0.15) is 30.9 Å². The molecule has 1 aromatic rings. The fourth-order valence-electron chi connectivity index (χ4n) is 3.43. The van der Waals surface area contributed by atoms with Gasteiger partial charge in [0.05, 0.1) is 12.6 Å². The first-order chi connectivity index (χ1) is 11.1. The molecule has 0 aliphatic carbocycles. The topological polar surface area (TPSA) is 23.6 Å². The van der Waals surface area contributed by atoms with Crippen molar-refractivity contribution in [3.05, 3.63) is 35.4 Å². The molecule has 23 heavy (non-hydrogen) atoms. The van der Waals surface area contributed by atoms with Crippen LogP contribution in [0.5, 0.6) is 0 Å². The fourth-order valence-corrected chi connectivity index (χ4v) is 4.73. The highest BCUT2D eigenvalue weighted by Crippen LogP contribution is 2.33. The van der Waals surface area contributed by atoms with Gasteiger partial charge in [-0.1, -0.05) is 6.07 Å². The maximum atomic E-state index is 13.5. The second kappa shape index (κ2) is 7.18. The van der Waals surface area contributed by atoms with Gasteiger partial charge in [-0.3, -0.25) is 9.69 Å². The van der Waals surface area contributed by atoms with E-state index in [2.05, 4.69) is 4.90 Å². The van der Waals surface area contributed by atoms with E-state index in [9.17, 15) is 13.6 Å². The zero-order valence-corrected chi connectivity index (χ0v) is 14.1. The van der Waals surface area contributed by atoms with Crippen LogP contribution >= 0.6 is 11.8 Å². The average molecular weight is 340 g/mol. The Bertz CT molecular complexity index is 578. The smallest absolute Gasteiger partial charge is 0.237 e. The number of likely N-dealkylation sites (N-methyl/N-ethyl adjacent to an activating group) is 1. The average Bonchev–Trinajstić information content (AvgIpc) is 3.21. The molecule has 3 nitrogen and oxygen atoms in total. The molecule has 6 heteroatoms. The molecule has 2 fully saturated rings. The van der Waals surface area contributed by atoms with Crippen molar-refractivity contribution in [2.24, 2.45) is 0 Å². The van der Waals surface area contributed by atoms with Gasteiger partial charge in [-0.25, -0.2) is 8.78 Å². The molecule has 2 aliphatic rings. The summed E-state index contributed by atoms with van der Waals surface area (Å²) in [6.07, 6.45) is 2.83. The van der Waals surface area contributed by atoms with Crippen molar-refractivity contribution in [2.45, 2.75) is 31.3 Å². The molecule has 0 radical (unpaired) electrons. The summed E-state index contributed by atoms with van der Waals surface area (Å²) in [5, 5.41) is 0. The van der Waals surface area contributed by atoms with Crippen molar-refractivity contribution >= 4 is 17.7 Å². The minimum absolute atomic E-state index is 0.0802. The van der Waals surface area contributed by atoms with Crippen LogP contribution in [0.15, 0.2) is 18.2 Å². The molecule has 1 aromatic carbocycles. The van der Waals surface area contributed by atoms with E-state index < -0.39 is 11.6 Å². The van der Waals surface area contributed by atoms with Crippen molar-refractivity contribution in [1.29, 1.82) is 0 Å². The highest BCUT2D eigenvalue weighted by Gasteiger charge is 2.32. The normalized spacial score (nSPS) is 24.6. The second-order valence-electron chi connectivity index (χ2n) is 6.35. The molecule has 2 saturated heterocycles. The largest absolute Gasteiger partial charge is 0.335 e. The van der Waals surface area contributed by atoms with E-state index in [0.29, 0.717) is 24.7 Å². The van der Waals surface area contributed by atoms with E-state index in [1.165, 1.54) is 6.07 Å². The first kappa shape index (κ1) is 16.7. The Labute approximate surface area is 140 Å². The quantitative estimate of drug-likeness (QED) is 0.842. The third-order valence-electron chi connectivity index (χ3n) is 4.82. The first-order valence-electron chi connectivity index (χ1n) is 8.08. The zero-order chi connectivity index (χ0) is 16.4. The van der Waals surface area contributed by atoms with Crippen LogP contribution in [-0.2, 0) is 4.79 Å². The maximum Gasteiger partial charge on any atom is 0.237 e. The molecule has 0 unspecified atom stereocenters. The standard InChI is InChI=1S/C17H22F2N2OS/c1-20(13-6-8-23-11-13)10-17(22)21-7-2-3-16(21)12-4-5-14(18)15(19)9-12/h4-5,9,13,16H,2-3,6-8,10-11H2,1H3/t13-,16-/m0/s1. The Morgan fingerprint density at radius 1 is 1.35 bits per heavy atom. The van der Waals surface area contributed by atoms with Gasteiger partial charge in [0.15, 0.2) is 11.6 Å². The van der Waals surface area contributed by atoms with Crippen LogP contribution in [0, 0.1) is 11.6 Å². The van der Waals surface area contributed by atoms with Crippen LogP contribution in [0.3, 0.4) is 0 Å². The van der Waals surface area contributed by atoms with Crippen molar-refractivity contribution in [3.8, 4) is 0 Å². The number of carbonyl (C=O) groups excluding carboxylic acids is 1. The summed E-state index contributed by atoms with van der Waals surface area (Å²) >= 11 is 1.93. The maximum absolute atomic E-state index is 13.5. The highest BCUT2D eigenvalue weighted by atomic mass is 32.2. The van der Waals surface area contributed by atoms with Crippen molar-refractivity contribution < 1.29 is 13.6 Å². The summed E-state index contributed by atoms with van der Waals surface area (Å²) in [5.41, 5.74) is 0.689. The molecular weight excluding hydrogens is 318 g/mol. The molecule has 3 rings (SSSR count). The molecule has 126 valence electrons. The van der Waals surface area contributed by atoms with Crippen LogP contribution in [0.4, 0.5) is 8.78 Å². The first-order valence-corrected chi connectivity index (χ1v) is 9.24. The fraction of sp³-hybridized carbons (Fsp3) is 0.588. The Morgan fingerprint density at radius 3 is 2.87 bits per heavy atom. The number of rotatable bonds is 4. The van der Waals surface area contributed by atoms with Gasteiger partial charge in [0.1, 0.15) is 0 Å². The lowest BCUT2D eigenvalue weighted by Crippen LogP contribution is -2.42. The van der Waals surface area contributed by atoms with Gasteiger partial charge in [-0.2, -0.15) is 11.8 Å². The highest BCUT2D eigenvalue weighted by molar-refractivity contribution is 7.99. The summed E-state index contributed by atoms with van der Waals surface area (Å²) in [4.78, 5) is 16.6. The van der Waals surface area contributed by atoms with E-state index in [1.807, 2.05) is 23.7 Å². The Hall–Kier alpha value is -1.14. The molecule has 0 N–H and O–H groups in total. The predicted octanol–water partition coefficient (Wildman–Crippen LogP) is 3.07. The van der Waals surface area contributed by atoms with Gasteiger partial charge >= 0.3 is 0 Å². The van der Waals surface area contributed by atoms with E-state index in [-0.39, 0.29) is 11.9 Å². The predicted molar refractivity (Wildman–Crippen MR) is 88.4 cm³/mol. The number of carbonyl (C=O) groups is 1. The molecule has 0 aromatic heterocycles. The van der Waals surface area contributed by atoms with Gasteiger partial charge in [0.2, 0.25) is 5.91 Å². The van der Waals surface area contributed by atoms with Gasteiger partial charge < -0.3 is 4.90 Å². The molecule has 0 saturated carbocycles. The number of thioether (sulfide) groups is 1. The number of hydrogen-bond acceptors (Lipinski definition) is 3. The van der Waals surface area contributed by atoms with Crippen LogP contribution in [-0.4, -0.2) is 53.4 Å². The zero-order valence-electron chi connectivity index (χ0n) is 13.3. The third kappa shape index (κ3) is 3.69. The minimum Gasteiger partial charge on any atom is -0.335 e. The van der Waals surface area contributed by atoms with Crippen molar-refractivity contribution in [1.82, 2.24) is 9.80 Å². The summed E-state index contributed by atoms with van der Waals surface area (Å²) in [6, 6.07) is 4.29. The van der Waals surface area contributed by atoms with Gasteiger partial charge in [0, 0.05) is 18.3 Å². The Balaban J connectivity index is 1.67. The number of nitrogens with zero attached hydrogens (tertiary/aromatic N) is 2. The Morgan fingerprint density at radius 2 is 2.17 bits per heavy atom. The van der Waals surface area contributed by atoms with E-state index in [0.717, 1.165) is 36.8 Å². The molecule has 2 atom stereocenters. The summed E-state index contributed by atoms with van der Waals surface area (Å²) in [7, 11) is 2.00. The second-order valence-corrected chi connectivity index (χ2v) is 7.50. The molecule has 0 bridgehead atoms. The molecular formula is C17H22F2N2OS. The number of halogens is 2. The van der Waals surface area contributed by atoms with E-state index in [4.69, 9.17) is 0 Å². The van der Waals surface area contributed by atoms with Gasteiger partial charge in [-0.15, -0.1) is 0 Å². The molecule has 2 heterocycles. The summed E-state index contributed by atoms with van der Waals surface area (Å²) in [6.45, 7) is 1.08. The monoisotopic (exact) mass is 340 g/mol. The number of likely N-dealkylation sites (tertiary alicyclic amines) is 1. The lowest BCUT2D eigenvalue weighted by Gasteiger charge is -2.29. The molecule has 0 spiro atoms. The van der Waals surface area contributed by atoms with Crippen LogP contribution in [0.25, 0.3) is 0 Å². The SMILES string of the molecule is CN(CC(=O)N1CCC[C@H]1c1ccc(F)c(F)c1)[C@H]1CCSC1. The summed E-state index contributed by atoms with van der Waals surface area (Å²) < 4.78 is 26.6. The number of hydrogen-bond donors (Lipinski definition) is 0. The lowest BCUT2D eigenvalue weighted by molar-refractivity contribution is -0.133. The molecule has 1 amide bonds. The number of benzene rings is 1. The molecule has 2 aliphatic heterocycles. The van der Waals surface area contributed by atoms with E-state index >= 15 is 0 Å². The van der Waals surface area contributed by atoms with Crippen LogP contribution < -0.4 is 0 Å². The minimum atomic E-state index is -0.845. The number of amides is 1. The van der Waals surface area contributed by atoms with Gasteiger partial charge in [0.25, 0.3) is 0 Å². The van der Waals surface area contributed by atoms with E-state index in [1.54, 1.807) is 6.07 Å². The van der Waals surface area contributed by atoms with Crippen molar-refractivity contribution in [3.63, 3.8) is 0 Å².